The molecule has 0 aromatic rings. The number of hydrogen-bond acceptors (Lipinski definition) is 1. The lowest BCUT2D eigenvalue weighted by molar-refractivity contribution is 0.444. The summed E-state index contributed by atoms with van der Waals surface area (Å²) >= 11 is 5.53. The zero-order valence-corrected chi connectivity index (χ0v) is 6.62. The third kappa shape index (κ3) is 1.59. The molecule has 2 atom stereocenters. The second-order valence-corrected chi connectivity index (χ2v) is 3.03. The van der Waals surface area contributed by atoms with Crippen LogP contribution in [-0.4, -0.2) is 6.04 Å². The normalized spacial score (nSPS) is 35.3. The van der Waals surface area contributed by atoms with Crippen LogP contribution in [0.3, 0.4) is 0 Å². The second kappa shape index (κ2) is 3.43. The maximum atomic E-state index is 5.53. The molecule has 0 spiro atoms. The molecule has 0 aromatic carbocycles. The van der Waals surface area contributed by atoms with Crippen molar-refractivity contribution >= 4 is 11.8 Å². The summed E-state index contributed by atoms with van der Waals surface area (Å²) in [7, 11) is 0. The van der Waals surface area contributed by atoms with E-state index in [1.54, 1.807) is 0 Å². The molecule has 0 amide bonds. The Labute approximate surface area is 61.9 Å². The third-order valence-electron chi connectivity index (χ3n) is 2.32. The largest absolute Gasteiger partial charge is 0.230 e. The van der Waals surface area contributed by atoms with Crippen molar-refractivity contribution < 1.29 is 0 Å². The Kier molecular flexibility index (Phi) is 2.80. The van der Waals surface area contributed by atoms with Crippen LogP contribution in [0.4, 0.5) is 0 Å². The Morgan fingerprint density at radius 2 is 2.33 bits per heavy atom. The van der Waals surface area contributed by atoms with Crippen molar-refractivity contribution in [3.8, 4) is 0 Å². The molecule has 0 heterocycles. The molecule has 0 radical (unpaired) electrons. The molecule has 1 N–H and O–H groups in total. The minimum absolute atomic E-state index is 0.594. The summed E-state index contributed by atoms with van der Waals surface area (Å²) in [5.41, 5.74) is 0. The molecule has 0 unspecified atom stereocenters. The molecule has 1 fully saturated rings. The van der Waals surface area contributed by atoms with E-state index in [2.05, 4.69) is 11.8 Å². The summed E-state index contributed by atoms with van der Waals surface area (Å²) in [6.45, 7) is 2.23. The van der Waals surface area contributed by atoms with Gasteiger partial charge in [-0.3, -0.25) is 0 Å². The lowest BCUT2D eigenvalue weighted by Crippen LogP contribution is -2.24. The summed E-state index contributed by atoms with van der Waals surface area (Å²) in [4.78, 5) is 2.84. The lowest BCUT2D eigenvalue weighted by Gasteiger charge is -2.14. The van der Waals surface area contributed by atoms with Crippen LogP contribution in [0.1, 0.15) is 32.6 Å². The fourth-order valence-electron chi connectivity index (χ4n) is 1.67. The molecule has 0 bridgehead atoms. The molecule has 54 valence electrons. The van der Waals surface area contributed by atoms with Gasteiger partial charge in [0.15, 0.2) is 0 Å². The second-order valence-electron chi connectivity index (χ2n) is 2.81. The predicted octanol–water partition coefficient (Wildman–Crippen LogP) is 2.31. The topological polar surface area (TPSA) is 12.0 Å². The third-order valence-corrected chi connectivity index (χ3v) is 2.60. The standard InChI is InChI=1S/C7H14ClN/c1-2-6-4-3-5-7(6)9-8/h6-7,9H,2-5H2,1H3/t6-,7-/m0/s1. The fraction of sp³-hybridized carbons (Fsp3) is 1.00. The highest BCUT2D eigenvalue weighted by Gasteiger charge is 2.24. The van der Waals surface area contributed by atoms with Crippen LogP contribution >= 0.6 is 11.8 Å². The van der Waals surface area contributed by atoms with Crippen LogP contribution in [-0.2, 0) is 0 Å². The highest BCUT2D eigenvalue weighted by Crippen LogP contribution is 2.28. The molecule has 0 aromatic heterocycles. The molecule has 1 aliphatic rings. The maximum Gasteiger partial charge on any atom is 0.0249 e. The summed E-state index contributed by atoms with van der Waals surface area (Å²) < 4.78 is 0. The monoisotopic (exact) mass is 147 g/mol. The smallest absolute Gasteiger partial charge is 0.0249 e. The maximum absolute atomic E-state index is 5.53. The predicted molar refractivity (Wildman–Crippen MR) is 40.4 cm³/mol. The highest BCUT2D eigenvalue weighted by atomic mass is 35.5. The van der Waals surface area contributed by atoms with Crippen LogP contribution in [0.2, 0.25) is 0 Å². The molecular formula is C7H14ClN. The van der Waals surface area contributed by atoms with Crippen LogP contribution in [0.5, 0.6) is 0 Å². The molecule has 2 heteroatoms. The Hall–Kier alpha value is 0.250. The molecule has 1 rings (SSSR count). The first-order valence-electron chi connectivity index (χ1n) is 3.74. The first-order valence-corrected chi connectivity index (χ1v) is 4.12. The van der Waals surface area contributed by atoms with Gasteiger partial charge in [-0.25, -0.2) is 4.84 Å². The average Bonchev–Trinajstić information content (AvgIpc) is 2.33. The molecule has 0 saturated heterocycles. The quantitative estimate of drug-likeness (QED) is 0.592. The van der Waals surface area contributed by atoms with Crippen molar-refractivity contribution in [2.45, 2.75) is 38.6 Å². The van der Waals surface area contributed by atoms with E-state index in [0.717, 1.165) is 5.92 Å². The summed E-state index contributed by atoms with van der Waals surface area (Å²) in [6, 6.07) is 0.594. The van der Waals surface area contributed by atoms with Crippen molar-refractivity contribution in [1.82, 2.24) is 4.84 Å². The molecule has 1 aliphatic carbocycles. The minimum Gasteiger partial charge on any atom is -0.230 e. The van der Waals surface area contributed by atoms with E-state index in [1.807, 2.05) is 0 Å². The SMILES string of the molecule is CC[C@H]1CCC[C@@H]1NCl. The number of nitrogens with one attached hydrogen (secondary N) is 1. The van der Waals surface area contributed by atoms with Gasteiger partial charge in [-0.05, 0) is 30.5 Å². The number of halogens is 1. The van der Waals surface area contributed by atoms with Gasteiger partial charge in [0.25, 0.3) is 0 Å². The van der Waals surface area contributed by atoms with Gasteiger partial charge in [0.05, 0.1) is 0 Å². The average molecular weight is 148 g/mol. The van der Waals surface area contributed by atoms with Crippen LogP contribution in [0.15, 0.2) is 0 Å². The highest BCUT2D eigenvalue weighted by molar-refractivity contribution is 6.13. The van der Waals surface area contributed by atoms with E-state index >= 15 is 0 Å². The van der Waals surface area contributed by atoms with Crippen LogP contribution in [0.25, 0.3) is 0 Å². The van der Waals surface area contributed by atoms with Crippen molar-refractivity contribution in [2.75, 3.05) is 0 Å². The van der Waals surface area contributed by atoms with E-state index < -0.39 is 0 Å². The van der Waals surface area contributed by atoms with Gasteiger partial charge in [0.2, 0.25) is 0 Å². The Balaban J connectivity index is 2.32. The number of rotatable bonds is 2. The Morgan fingerprint density at radius 1 is 1.56 bits per heavy atom. The van der Waals surface area contributed by atoms with Crippen LogP contribution < -0.4 is 4.84 Å². The van der Waals surface area contributed by atoms with E-state index in [0.29, 0.717) is 6.04 Å². The van der Waals surface area contributed by atoms with Crippen molar-refractivity contribution in [2.24, 2.45) is 5.92 Å². The zero-order valence-electron chi connectivity index (χ0n) is 5.86. The van der Waals surface area contributed by atoms with Crippen LogP contribution in [0, 0.1) is 5.92 Å². The first-order chi connectivity index (χ1) is 4.38. The molecule has 0 aliphatic heterocycles. The van der Waals surface area contributed by atoms with Gasteiger partial charge < -0.3 is 0 Å². The van der Waals surface area contributed by atoms with E-state index in [-0.39, 0.29) is 0 Å². The molecule has 1 saturated carbocycles. The van der Waals surface area contributed by atoms with Gasteiger partial charge >= 0.3 is 0 Å². The van der Waals surface area contributed by atoms with E-state index in [1.165, 1.54) is 25.7 Å². The summed E-state index contributed by atoms with van der Waals surface area (Å²) in [5, 5.41) is 0. The minimum atomic E-state index is 0.594. The zero-order chi connectivity index (χ0) is 6.69. The Morgan fingerprint density at radius 3 is 2.78 bits per heavy atom. The van der Waals surface area contributed by atoms with Gasteiger partial charge in [-0.2, -0.15) is 0 Å². The van der Waals surface area contributed by atoms with Gasteiger partial charge in [-0.15, -0.1) is 0 Å². The number of hydrogen-bond donors (Lipinski definition) is 1. The van der Waals surface area contributed by atoms with E-state index in [4.69, 9.17) is 11.8 Å². The molecular weight excluding hydrogens is 134 g/mol. The summed E-state index contributed by atoms with van der Waals surface area (Å²) in [5.74, 6) is 0.836. The van der Waals surface area contributed by atoms with Crippen molar-refractivity contribution in [3.05, 3.63) is 0 Å². The fourth-order valence-corrected chi connectivity index (χ4v) is 1.96. The van der Waals surface area contributed by atoms with Gasteiger partial charge in [-0.1, -0.05) is 19.8 Å². The Bertz CT molecular complexity index is 75.0. The van der Waals surface area contributed by atoms with Crippen molar-refractivity contribution in [3.63, 3.8) is 0 Å². The van der Waals surface area contributed by atoms with E-state index in [9.17, 15) is 0 Å². The van der Waals surface area contributed by atoms with Gasteiger partial charge in [0, 0.05) is 6.04 Å². The molecule has 9 heavy (non-hydrogen) atoms. The van der Waals surface area contributed by atoms with Crippen molar-refractivity contribution in [1.29, 1.82) is 0 Å². The van der Waals surface area contributed by atoms with Gasteiger partial charge in [0.1, 0.15) is 0 Å². The lowest BCUT2D eigenvalue weighted by atomic mass is 10.0. The molecule has 1 nitrogen and oxygen atoms in total. The first kappa shape index (κ1) is 7.36. The summed E-state index contributed by atoms with van der Waals surface area (Å²) in [6.07, 6.45) is 5.25.